The minimum absolute atomic E-state index is 0. The van der Waals surface area contributed by atoms with Gasteiger partial charge in [-0.1, -0.05) is 44.0 Å². The maximum atomic E-state index is 11.5. The Morgan fingerprint density at radius 3 is 1.92 bits per heavy atom. The van der Waals surface area contributed by atoms with E-state index in [1.807, 2.05) is 24.3 Å². The smallest absolute Gasteiger partial charge is 0.314 e. The number of aromatic nitrogens is 6. The Balaban J connectivity index is 0.000000265. The molecule has 0 saturated heterocycles. The van der Waals surface area contributed by atoms with Crippen LogP contribution in [-0.4, -0.2) is 69.3 Å². The predicted octanol–water partition coefficient (Wildman–Crippen LogP) is 1.05. The number of carbonyl (C=O) groups is 2. The molecule has 0 bridgehead atoms. The maximum Gasteiger partial charge on any atom is 0.314 e. The number of rotatable bonds is 4. The van der Waals surface area contributed by atoms with Gasteiger partial charge in [-0.15, -0.1) is 10.2 Å². The third-order valence-corrected chi connectivity index (χ3v) is 4.71. The summed E-state index contributed by atoms with van der Waals surface area (Å²) in [5.41, 5.74) is 4.34. The number of benzene rings is 2. The van der Waals surface area contributed by atoms with Crippen LogP contribution in [-0.2, 0) is 14.4 Å². The largest absolute Gasteiger partial charge is 0.398 e. The third kappa shape index (κ3) is 6.90. The average molecular weight is 502 g/mol. The number of carbonyl (C=O) groups excluding carboxylic acids is 2. The van der Waals surface area contributed by atoms with Gasteiger partial charge in [0.1, 0.15) is 36.8 Å². The van der Waals surface area contributed by atoms with Crippen molar-refractivity contribution < 1.29 is 24.1 Å². The van der Waals surface area contributed by atoms with E-state index in [-0.39, 0.29) is 32.0 Å². The molecule has 0 amide bonds. The van der Waals surface area contributed by atoms with E-state index in [2.05, 4.69) is 35.8 Å². The zero-order valence-electron chi connectivity index (χ0n) is 18.7. The summed E-state index contributed by atoms with van der Waals surface area (Å²) in [4.78, 5) is 49.4. The third-order valence-electron chi connectivity index (χ3n) is 4.71. The van der Waals surface area contributed by atoms with Gasteiger partial charge >= 0.3 is 5.56 Å². The molecule has 0 atom stereocenters. The number of nitrogens with zero attached hydrogens (tertiary/aromatic N) is 6. The number of para-hydroxylation sites is 1. The second kappa shape index (κ2) is 14.2. The number of ketones is 2. The number of nitrogens with one attached hydrogen (secondary N) is 1. The van der Waals surface area contributed by atoms with Crippen LogP contribution in [0.1, 0.15) is 27.7 Å². The van der Waals surface area contributed by atoms with Gasteiger partial charge in [0.05, 0.1) is 12.5 Å². The van der Waals surface area contributed by atoms with Gasteiger partial charge in [-0.2, -0.15) is 5.48 Å². The van der Waals surface area contributed by atoms with Crippen LogP contribution in [0.5, 0.6) is 0 Å². The van der Waals surface area contributed by atoms with Gasteiger partial charge in [0, 0.05) is 12.8 Å². The minimum Gasteiger partial charge on any atom is -0.398 e. The Kier molecular flexibility index (Phi) is 11.8. The fourth-order valence-electron chi connectivity index (χ4n) is 3.04. The van der Waals surface area contributed by atoms with Gasteiger partial charge in [-0.3, -0.25) is 14.4 Å². The summed E-state index contributed by atoms with van der Waals surface area (Å²) in [6, 6.07) is 13.9. The molecule has 1 N–H and O–H groups in total. The van der Waals surface area contributed by atoms with Crippen LogP contribution in [0.15, 0.2) is 53.3 Å². The van der Waals surface area contributed by atoms with Crippen molar-refractivity contribution in [2.24, 2.45) is 0 Å². The summed E-state index contributed by atoms with van der Waals surface area (Å²) >= 11 is 0. The molecule has 0 unspecified atom stereocenters. The van der Waals surface area contributed by atoms with Crippen molar-refractivity contribution in [3.63, 3.8) is 0 Å². The average Bonchev–Trinajstić information content (AvgIpc) is 3.44. The highest BCUT2D eigenvalue weighted by molar-refractivity contribution is 6.12. The molecule has 194 valence electrons. The Bertz CT molecular complexity index is 1320. The molecule has 1 saturated carbocycles. The Labute approximate surface area is 207 Å². The highest BCUT2D eigenvalue weighted by atomic mass is 16.7. The lowest BCUT2D eigenvalue weighted by Crippen LogP contribution is -2.37. The zero-order chi connectivity index (χ0) is 24.5. The molecule has 36 heavy (non-hydrogen) atoms. The van der Waals surface area contributed by atoms with Crippen LogP contribution in [0.25, 0.3) is 21.9 Å². The summed E-state index contributed by atoms with van der Waals surface area (Å²) in [5, 5.41) is 15.5. The van der Waals surface area contributed by atoms with Crippen molar-refractivity contribution in [1.29, 1.82) is 0 Å². The van der Waals surface area contributed by atoms with Crippen LogP contribution in [0.3, 0.4) is 0 Å². The van der Waals surface area contributed by atoms with E-state index >= 15 is 0 Å². The molecule has 1 aliphatic carbocycles. The van der Waals surface area contributed by atoms with E-state index in [4.69, 9.17) is 4.84 Å². The van der Waals surface area contributed by atoms with Crippen LogP contribution in [0.2, 0.25) is 0 Å². The van der Waals surface area contributed by atoms with E-state index < -0.39 is 6.04 Å². The molecule has 2 aromatic carbocycles. The van der Waals surface area contributed by atoms with Gasteiger partial charge < -0.3 is 14.5 Å². The van der Waals surface area contributed by atoms with Crippen molar-refractivity contribution >= 4 is 33.5 Å². The van der Waals surface area contributed by atoms with Crippen LogP contribution < -0.4 is 20.7 Å². The quantitative estimate of drug-likeness (QED) is 0.315. The van der Waals surface area contributed by atoms with Crippen molar-refractivity contribution in [2.75, 3.05) is 21.3 Å². The van der Waals surface area contributed by atoms with Crippen LogP contribution in [0.4, 0.5) is 0 Å². The number of fused-ring (bicyclic) bond motifs is 2. The molecular formula is C23H31N7O6. The molecule has 1 fully saturated rings. The number of Topliss-reactive ketones (excluding diaryl/α,β-unsaturated/α-hetero) is 2. The maximum absolute atomic E-state index is 11.5. The van der Waals surface area contributed by atoms with E-state index in [0.717, 1.165) is 15.9 Å². The molecular weight excluding hydrogens is 470 g/mol. The highest BCUT2D eigenvalue weighted by Gasteiger charge is 2.32. The molecule has 0 spiro atoms. The second-order valence-electron chi connectivity index (χ2n) is 6.79. The lowest BCUT2D eigenvalue weighted by molar-refractivity contribution is -0.129. The fourth-order valence-corrected chi connectivity index (χ4v) is 3.04. The summed E-state index contributed by atoms with van der Waals surface area (Å²) in [6.45, 7) is 0. The number of hydroxylamine groups is 1. The predicted molar refractivity (Wildman–Crippen MR) is 133 cm³/mol. The number of hydrogen-bond donors (Lipinski definition) is 1. The van der Waals surface area contributed by atoms with Gasteiger partial charge in [0.2, 0.25) is 0 Å². The molecule has 0 radical (unpaired) electrons. The van der Waals surface area contributed by atoms with E-state index in [9.17, 15) is 14.4 Å². The van der Waals surface area contributed by atoms with Gasteiger partial charge in [-0.05, 0) is 39.5 Å². The molecule has 13 nitrogen and oxygen atoms in total. The first kappa shape index (κ1) is 29.8. The first-order chi connectivity index (χ1) is 16.5. The van der Waals surface area contributed by atoms with Crippen LogP contribution >= 0.6 is 0 Å². The van der Waals surface area contributed by atoms with Crippen molar-refractivity contribution in [2.45, 2.75) is 33.7 Å². The van der Waals surface area contributed by atoms with E-state index in [1.54, 1.807) is 31.4 Å². The monoisotopic (exact) mass is 501 g/mol. The fraction of sp³-hybridized carbons (Fsp3) is 0.348. The normalized spacial score (nSPS) is 12.5. The summed E-state index contributed by atoms with van der Waals surface area (Å²) in [5.74, 6) is -0.154. The molecule has 2 heterocycles. The van der Waals surface area contributed by atoms with Gasteiger partial charge in [0.25, 0.3) is 0 Å². The molecule has 2 aromatic heterocycles. The van der Waals surface area contributed by atoms with Crippen molar-refractivity contribution in [1.82, 2.24) is 35.8 Å². The Morgan fingerprint density at radius 2 is 1.31 bits per heavy atom. The van der Waals surface area contributed by atoms with E-state index in [0.29, 0.717) is 23.7 Å². The summed E-state index contributed by atoms with van der Waals surface area (Å²) in [7, 11) is 4.31. The lowest BCUT2D eigenvalue weighted by Gasteiger charge is -2.04. The lowest BCUT2D eigenvalue weighted by atomic mass is 10.2. The highest BCUT2D eigenvalue weighted by Crippen LogP contribution is 2.10. The summed E-state index contributed by atoms with van der Waals surface area (Å²) < 4.78 is 0. The van der Waals surface area contributed by atoms with Crippen LogP contribution in [0, 0.1) is 0 Å². The molecule has 1 aliphatic rings. The molecule has 5 rings (SSSR count). The first-order valence-corrected chi connectivity index (χ1v) is 10.1. The second-order valence-corrected chi connectivity index (χ2v) is 6.79. The van der Waals surface area contributed by atoms with E-state index in [1.165, 1.54) is 19.1 Å². The minimum atomic E-state index is -0.704. The molecule has 4 aromatic rings. The molecule has 0 aliphatic heterocycles. The summed E-state index contributed by atoms with van der Waals surface area (Å²) in [6.07, 6.45) is 0.694. The first-order valence-electron chi connectivity index (χ1n) is 10.1. The standard InChI is InChI=1S/C8H7N3O2.C7H7N3O.C6H9NO3.2CH4/c1-13-11-8(12)6-4-2-3-5-7(6)9-10-11;1-11-10-7-5-3-2-4-6(7)8-9-10;1-10-7-6-4(8)2-3-5(6)9;;/h2-5H,1H3;2-5H,1H3;6-7H,2-3H2,1H3;2*1H4. The zero-order valence-corrected chi connectivity index (χ0v) is 18.7. The topological polar surface area (TPSA) is 152 Å². The van der Waals surface area contributed by atoms with Crippen molar-refractivity contribution in [3.8, 4) is 0 Å². The number of hydrogen-bond acceptors (Lipinski definition) is 11. The Hall–Kier alpha value is -4.23. The van der Waals surface area contributed by atoms with Gasteiger partial charge in [0.15, 0.2) is 11.6 Å². The Morgan fingerprint density at radius 1 is 0.778 bits per heavy atom. The molecule has 13 heteroatoms. The van der Waals surface area contributed by atoms with Crippen molar-refractivity contribution in [3.05, 3.63) is 58.9 Å². The van der Waals surface area contributed by atoms with Gasteiger partial charge in [-0.25, -0.2) is 0 Å². The SMILES string of the molecule is C.C.CONC1C(=O)CCC1=O.COn1nnc2ccccc21.COn1nnc2ccccc2c1=O.